The molecule has 1 fully saturated rings. The van der Waals surface area contributed by atoms with E-state index in [1.165, 1.54) is 17.0 Å². The van der Waals surface area contributed by atoms with Crippen LogP contribution in [-0.2, 0) is 11.0 Å². The number of amides is 1. The highest BCUT2D eigenvalue weighted by Crippen LogP contribution is 2.32. The van der Waals surface area contributed by atoms with Gasteiger partial charge in [-0.3, -0.25) is 9.69 Å². The van der Waals surface area contributed by atoms with Crippen molar-refractivity contribution < 1.29 is 23.1 Å². The molecule has 3 nitrogen and oxygen atoms in total. The Morgan fingerprint density at radius 2 is 1.88 bits per heavy atom. The lowest BCUT2D eigenvalue weighted by Gasteiger charge is -2.15. The minimum atomic E-state index is -4.39. The van der Waals surface area contributed by atoms with Crippen LogP contribution in [0, 0.1) is 0 Å². The summed E-state index contributed by atoms with van der Waals surface area (Å²) in [6.45, 7) is 0. The van der Waals surface area contributed by atoms with Crippen molar-refractivity contribution in [1.82, 2.24) is 0 Å². The van der Waals surface area contributed by atoms with E-state index in [9.17, 15) is 23.1 Å². The third-order valence-corrected chi connectivity index (χ3v) is 3.27. The summed E-state index contributed by atoms with van der Waals surface area (Å²) in [5, 5.41) is 9.21. The molecule has 92 valence electrons. The standard InChI is InChI=1S/C10H8F3NO2S/c11-10(12,13)6-1-3-7(4-2-6)14-5-17-9(16)8(14)15/h1-4,9,16H,5H2. The van der Waals surface area contributed by atoms with E-state index >= 15 is 0 Å². The summed E-state index contributed by atoms with van der Waals surface area (Å²) in [6, 6.07) is 4.27. The number of anilines is 1. The zero-order valence-electron chi connectivity index (χ0n) is 8.44. The van der Waals surface area contributed by atoms with E-state index in [-0.39, 0.29) is 5.88 Å². The second-order valence-electron chi connectivity index (χ2n) is 3.46. The van der Waals surface area contributed by atoms with Crippen LogP contribution < -0.4 is 4.90 Å². The molecule has 1 aliphatic rings. The van der Waals surface area contributed by atoms with E-state index in [2.05, 4.69) is 0 Å². The Morgan fingerprint density at radius 3 is 2.29 bits per heavy atom. The predicted octanol–water partition coefficient (Wildman–Crippen LogP) is 2.06. The van der Waals surface area contributed by atoms with Gasteiger partial charge in [-0.25, -0.2) is 0 Å². The molecule has 7 heteroatoms. The number of benzene rings is 1. The Labute approximate surface area is 99.2 Å². The van der Waals surface area contributed by atoms with E-state index in [0.717, 1.165) is 23.9 Å². The second-order valence-corrected chi connectivity index (χ2v) is 4.50. The van der Waals surface area contributed by atoms with E-state index < -0.39 is 23.1 Å². The number of rotatable bonds is 1. The fraction of sp³-hybridized carbons (Fsp3) is 0.300. The van der Waals surface area contributed by atoms with Crippen LogP contribution in [0.2, 0.25) is 0 Å². The molecule has 0 bridgehead atoms. The highest BCUT2D eigenvalue weighted by molar-refractivity contribution is 8.01. The molecule has 2 rings (SSSR count). The molecule has 1 heterocycles. The average Bonchev–Trinajstić information content (AvgIpc) is 2.59. The van der Waals surface area contributed by atoms with Gasteiger partial charge in [0.05, 0.1) is 11.4 Å². The van der Waals surface area contributed by atoms with Crippen molar-refractivity contribution in [3.8, 4) is 0 Å². The molecule has 1 aromatic rings. The largest absolute Gasteiger partial charge is 0.416 e. The summed E-state index contributed by atoms with van der Waals surface area (Å²) in [5.41, 5.74) is -1.54. The van der Waals surface area contributed by atoms with Gasteiger partial charge in [0, 0.05) is 5.69 Å². The quantitative estimate of drug-likeness (QED) is 0.843. The zero-order valence-corrected chi connectivity index (χ0v) is 9.26. The van der Waals surface area contributed by atoms with Crippen molar-refractivity contribution in [2.24, 2.45) is 0 Å². The van der Waals surface area contributed by atoms with Gasteiger partial charge in [-0.15, -0.1) is 0 Å². The molecule has 1 saturated heterocycles. The number of aliphatic hydroxyl groups is 1. The van der Waals surface area contributed by atoms with E-state index in [1.54, 1.807) is 0 Å². The topological polar surface area (TPSA) is 40.5 Å². The van der Waals surface area contributed by atoms with Crippen LogP contribution in [0.25, 0.3) is 0 Å². The lowest BCUT2D eigenvalue weighted by molar-refractivity contribution is -0.137. The van der Waals surface area contributed by atoms with Crippen molar-refractivity contribution in [3.63, 3.8) is 0 Å². The van der Waals surface area contributed by atoms with Crippen LogP contribution in [0.4, 0.5) is 18.9 Å². The van der Waals surface area contributed by atoms with Gasteiger partial charge in [0.2, 0.25) is 0 Å². The fourth-order valence-electron chi connectivity index (χ4n) is 1.45. The molecule has 0 spiro atoms. The Kier molecular flexibility index (Phi) is 3.05. The number of carbonyl (C=O) groups is 1. The van der Waals surface area contributed by atoms with Gasteiger partial charge in [-0.2, -0.15) is 13.2 Å². The number of alkyl halides is 3. The molecule has 1 amide bonds. The molecule has 0 saturated carbocycles. The number of hydrogen-bond donors (Lipinski definition) is 1. The maximum Gasteiger partial charge on any atom is 0.416 e. The van der Waals surface area contributed by atoms with Gasteiger partial charge in [0.1, 0.15) is 0 Å². The maximum atomic E-state index is 12.3. The predicted molar refractivity (Wildman–Crippen MR) is 57.4 cm³/mol. The highest BCUT2D eigenvalue weighted by Gasteiger charge is 2.33. The number of carbonyl (C=O) groups excluding carboxylic acids is 1. The number of thioether (sulfide) groups is 1. The van der Waals surface area contributed by atoms with Crippen LogP contribution in [0.1, 0.15) is 5.56 Å². The molecule has 1 N–H and O–H groups in total. The fourth-order valence-corrected chi connectivity index (χ4v) is 2.28. The van der Waals surface area contributed by atoms with Crippen molar-refractivity contribution in [2.45, 2.75) is 11.6 Å². The minimum absolute atomic E-state index is 0.241. The van der Waals surface area contributed by atoms with Crippen molar-refractivity contribution in [2.75, 3.05) is 10.8 Å². The SMILES string of the molecule is O=C1C(O)SCN1c1ccc(C(F)(F)F)cc1. The average molecular weight is 263 g/mol. The summed E-state index contributed by atoms with van der Waals surface area (Å²) >= 11 is 1.03. The molecule has 0 aromatic heterocycles. The van der Waals surface area contributed by atoms with Crippen molar-refractivity contribution in [3.05, 3.63) is 29.8 Å². The molecule has 1 atom stereocenters. The van der Waals surface area contributed by atoms with Gasteiger partial charge in [-0.05, 0) is 24.3 Å². The van der Waals surface area contributed by atoms with Gasteiger partial charge < -0.3 is 5.11 Å². The molecule has 0 radical (unpaired) electrons. The first-order valence-electron chi connectivity index (χ1n) is 4.68. The molecular weight excluding hydrogens is 255 g/mol. The summed E-state index contributed by atoms with van der Waals surface area (Å²) in [5.74, 6) is -0.263. The molecular formula is C10H8F3NO2S. The summed E-state index contributed by atoms with van der Waals surface area (Å²) < 4.78 is 36.9. The monoisotopic (exact) mass is 263 g/mol. The molecule has 0 aliphatic carbocycles. The van der Waals surface area contributed by atoms with Crippen LogP contribution in [-0.4, -0.2) is 22.3 Å². The van der Waals surface area contributed by atoms with Crippen LogP contribution in [0.5, 0.6) is 0 Å². The van der Waals surface area contributed by atoms with Crippen molar-refractivity contribution >= 4 is 23.4 Å². The zero-order chi connectivity index (χ0) is 12.6. The van der Waals surface area contributed by atoms with Gasteiger partial charge in [-0.1, -0.05) is 11.8 Å². The molecule has 1 aliphatic heterocycles. The van der Waals surface area contributed by atoms with Crippen molar-refractivity contribution in [1.29, 1.82) is 0 Å². The number of hydrogen-bond acceptors (Lipinski definition) is 3. The number of aliphatic hydroxyl groups excluding tert-OH is 1. The van der Waals surface area contributed by atoms with E-state index in [1.807, 2.05) is 0 Å². The summed E-state index contributed by atoms with van der Waals surface area (Å²) in [4.78, 5) is 12.7. The second kappa shape index (κ2) is 4.23. The lowest BCUT2D eigenvalue weighted by Crippen LogP contribution is -2.28. The highest BCUT2D eigenvalue weighted by atomic mass is 32.2. The third kappa shape index (κ3) is 2.39. The minimum Gasteiger partial charge on any atom is -0.373 e. The van der Waals surface area contributed by atoms with Gasteiger partial charge in [0.25, 0.3) is 5.91 Å². The smallest absolute Gasteiger partial charge is 0.373 e. The Hall–Kier alpha value is -1.21. The Balaban J connectivity index is 2.22. The molecule has 1 aromatic carbocycles. The maximum absolute atomic E-state index is 12.3. The Bertz CT molecular complexity index is 432. The third-order valence-electron chi connectivity index (χ3n) is 2.35. The first-order valence-corrected chi connectivity index (χ1v) is 5.73. The lowest BCUT2D eigenvalue weighted by atomic mass is 10.2. The number of halogens is 3. The number of nitrogens with zero attached hydrogens (tertiary/aromatic N) is 1. The van der Waals surface area contributed by atoms with Crippen LogP contribution in [0.15, 0.2) is 24.3 Å². The summed E-state index contributed by atoms with van der Waals surface area (Å²) in [6.07, 6.45) is -4.39. The van der Waals surface area contributed by atoms with E-state index in [4.69, 9.17) is 0 Å². The van der Waals surface area contributed by atoms with E-state index in [0.29, 0.717) is 5.69 Å². The van der Waals surface area contributed by atoms with Gasteiger partial charge >= 0.3 is 6.18 Å². The van der Waals surface area contributed by atoms with Crippen LogP contribution in [0.3, 0.4) is 0 Å². The van der Waals surface area contributed by atoms with Crippen LogP contribution >= 0.6 is 11.8 Å². The molecule has 17 heavy (non-hydrogen) atoms. The Morgan fingerprint density at radius 1 is 1.29 bits per heavy atom. The normalized spacial score (nSPS) is 21.1. The molecule has 1 unspecified atom stereocenters. The first kappa shape index (κ1) is 12.3. The first-order chi connectivity index (χ1) is 7.89. The summed E-state index contributed by atoms with van der Waals surface area (Å²) in [7, 11) is 0. The van der Waals surface area contributed by atoms with Gasteiger partial charge in [0.15, 0.2) is 5.44 Å².